The second-order valence-electron chi connectivity index (χ2n) is 6.30. The zero-order valence-electron chi connectivity index (χ0n) is 15.4. The largest absolute Gasteiger partial charge is 0.466 e. The predicted octanol–water partition coefficient (Wildman–Crippen LogP) is 3.31. The van der Waals surface area contributed by atoms with Crippen LogP contribution in [0.15, 0.2) is 65.9 Å². The average molecular weight is 381 g/mol. The molecule has 28 heavy (non-hydrogen) atoms. The molecule has 0 saturated carbocycles. The van der Waals surface area contributed by atoms with Crippen LogP contribution >= 0.6 is 0 Å². The second-order valence-corrected chi connectivity index (χ2v) is 6.30. The molecular weight excluding hydrogens is 362 g/mol. The lowest BCUT2D eigenvalue weighted by Gasteiger charge is -2.35. The number of carbonyl (C=O) groups excluding carboxylic acids is 2. The van der Waals surface area contributed by atoms with Gasteiger partial charge in [-0.25, -0.2) is 9.59 Å². The van der Waals surface area contributed by atoms with Crippen molar-refractivity contribution >= 4 is 17.7 Å². The molecule has 144 valence electrons. The van der Waals surface area contributed by atoms with Crippen molar-refractivity contribution in [1.29, 1.82) is 0 Å². The summed E-state index contributed by atoms with van der Waals surface area (Å²) < 4.78 is 4.91. The van der Waals surface area contributed by atoms with Gasteiger partial charge in [-0.05, 0) is 18.1 Å². The third kappa shape index (κ3) is 3.71. The van der Waals surface area contributed by atoms with Gasteiger partial charge in [0.15, 0.2) is 0 Å². The highest BCUT2D eigenvalue weighted by atomic mass is 16.6. The van der Waals surface area contributed by atoms with Gasteiger partial charge in [0.1, 0.15) is 0 Å². The minimum atomic E-state index is -0.841. The van der Waals surface area contributed by atoms with Crippen LogP contribution in [0.3, 0.4) is 0 Å². The minimum Gasteiger partial charge on any atom is -0.466 e. The summed E-state index contributed by atoms with van der Waals surface area (Å²) in [6, 6.07) is 14.0. The van der Waals surface area contributed by atoms with Gasteiger partial charge >= 0.3 is 12.0 Å². The van der Waals surface area contributed by atoms with Crippen molar-refractivity contribution in [1.82, 2.24) is 10.2 Å². The summed E-state index contributed by atoms with van der Waals surface area (Å²) in [7, 11) is 1.26. The molecule has 1 atom stereocenters. The lowest BCUT2D eigenvalue weighted by molar-refractivity contribution is -0.384. The lowest BCUT2D eigenvalue weighted by atomic mass is 9.94. The van der Waals surface area contributed by atoms with Gasteiger partial charge in [0.25, 0.3) is 5.69 Å². The number of methoxy groups -OCH3 is 1. The fourth-order valence-corrected chi connectivity index (χ4v) is 3.18. The van der Waals surface area contributed by atoms with Crippen molar-refractivity contribution in [2.75, 3.05) is 7.11 Å². The van der Waals surface area contributed by atoms with Crippen molar-refractivity contribution in [3.8, 4) is 0 Å². The Balaban J connectivity index is 2.05. The van der Waals surface area contributed by atoms with Crippen molar-refractivity contribution in [3.05, 3.63) is 87.1 Å². The van der Waals surface area contributed by atoms with Crippen molar-refractivity contribution < 1.29 is 19.2 Å². The van der Waals surface area contributed by atoms with E-state index in [-0.39, 0.29) is 17.8 Å². The van der Waals surface area contributed by atoms with Gasteiger partial charge < -0.3 is 10.1 Å². The summed E-state index contributed by atoms with van der Waals surface area (Å²) in [6.07, 6.45) is 0. The van der Waals surface area contributed by atoms with E-state index in [1.165, 1.54) is 30.2 Å². The number of carbonyl (C=O) groups is 2. The van der Waals surface area contributed by atoms with Gasteiger partial charge in [-0.1, -0.05) is 42.5 Å². The van der Waals surface area contributed by atoms with E-state index in [0.29, 0.717) is 11.3 Å². The lowest BCUT2D eigenvalue weighted by Crippen LogP contribution is -2.47. The molecule has 0 spiro atoms. The highest BCUT2D eigenvalue weighted by Gasteiger charge is 2.36. The number of hydrogen-bond donors (Lipinski definition) is 1. The highest BCUT2D eigenvalue weighted by molar-refractivity contribution is 5.95. The third-order valence-corrected chi connectivity index (χ3v) is 4.60. The number of rotatable bonds is 5. The SMILES string of the molecule is COC(=O)C1=C(C)N(Cc2ccccc2)C(=O)NC1c1cccc([N+](=O)[O-])c1. The quantitative estimate of drug-likeness (QED) is 0.486. The first kappa shape index (κ1) is 19.1. The van der Waals surface area contributed by atoms with E-state index in [9.17, 15) is 19.7 Å². The fraction of sp³-hybridized carbons (Fsp3) is 0.200. The summed E-state index contributed by atoms with van der Waals surface area (Å²) in [4.78, 5) is 37.3. The van der Waals surface area contributed by atoms with Crippen LogP contribution in [-0.2, 0) is 16.1 Å². The maximum absolute atomic E-state index is 12.8. The standard InChI is InChI=1S/C20H19N3O5/c1-13-17(19(24)28-2)18(15-9-6-10-16(11-15)23(26)27)21-20(25)22(13)12-14-7-4-3-5-8-14/h3-11,18H,12H2,1-2H3,(H,21,25). The van der Waals surface area contributed by atoms with E-state index in [0.717, 1.165) is 5.56 Å². The maximum Gasteiger partial charge on any atom is 0.337 e. The van der Waals surface area contributed by atoms with Crippen molar-refractivity contribution in [2.24, 2.45) is 0 Å². The molecule has 2 aromatic rings. The molecule has 8 nitrogen and oxygen atoms in total. The number of amides is 2. The van der Waals surface area contributed by atoms with Crippen LogP contribution in [0, 0.1) is 10.1 Å². The molecule has 1 unspecified atom stereocenters. The Hall–Kier alpha value is -3.68. The Morgan fingerprint density at radius 1 is 1.21 bits per heavy atom. The third-order valence-electron chi connectivity index (χ3n) is 4.60. The minimum absolute atomic E-state index is 0.125. The molecular formula is C20H19N3O5. The van der Waals surface area contributed by atoms with Crippen LogP contribution < -0.4 is 5.32 Å². The van der Waals surface area contributed by atoms with Crippen LogP contribution in [0.25, 0.3) is 0 Å². The van der Waals surface area contributed by atoms with Crippen LogP contribution in [-0.4, -0.2) is 28.9 Å². The Labute approximate surface area is 161 Å². The van der Waals surface area contributed by atoms with Crippen LogP contribution in [0.2, 0.25) is 0 Å². The number of nitro groups is 1. The maximum atomic E-state index is 12.8. The van der Waals surface area contributed by atoms with Crippen molar-refractivity contribution in [3.63, 3.8) is 0 Å². The Morgan fingerprint density at radius 2 is 1.93 bits per heavy atom. The molecule has 8 heteroatoms. The molecule has 1 aliphatic rings. The van der Waals surface area contributed by atoms with E-state index in [4.69, 9.17) is 4.74 Å². The number of non-ortho nitro benzene ring substituents is 1. The average Bonchev–Trinajstić information content (AvgIpc) is 2.71. The molecule has 0 radical (unpaired) electrons. The van der Waals surface area contributed by atoms with Gasteiger partial charge in [0.05, 0.1) is 30.2 Å². The number of nitro benzene ring substituents is 1. The van der Waals surface area contributed by atoms with E-state index in [1.807, 2.05) is 30.3 Å². The number of nitrogens with zero attached hydrogens (tertiary/aromatic N) is 2. The number of ether oxygens (including phenoxy) is 1. The van der Waals surface area contributed by atoms with E-state index >= 15 is 0 Å². The van der Waals surface area contributed by atoms with Gasteiger partial charge in [0.2, 0.25) is 0 Å². The highest BCUT2D eigenvalue weighted by Crippen LogP contribution is 2.33. The topological polar surface area (TPSA) is 102 Å². The van der Waals surface area contributed by atoms with Gasteiger partial charge in [-0.2, -0.15) is 0 Å². The number of urea groups is 1. The molecule has 2 aromatic carbocycles. The molecule has 2 amide bonds. The Morgan fingerprint density at radius 3 is 2.57 bits per heavy atom. The Bertz CT molecular complexity index is 955. The molecule has 1 aliphatic heterocycles. The molecule has 3 rings (SSSR count). The number of esters is 1. The number of allylic oxidation sites excluding steroid dienone is 1. The molecule has 0 aromatic heterocycles. The molecule has 1 heterocycles. The summed E-state index contributed by atoms with van der Waals surface area (Å²) in [5, 5.41) is 13.9. The first-order valence-corrected chi connectivity index (χ1v) is 8.57. The molecule has 1 N–H and O–H groups in total. The number of nitrogens with one attached hydrogen (secondary N) is 1. The van der Waals surface area contributed by atoms with E-state index < -0.39 is 23.0 Å². The van der Waals surface area contributed by atoms with Crippen LogP contribution in [0.1, 0.15) is 24.1 Å². The smallest absolute Gasteiger partial charge is 0.337 e. The molecule has 0 aliphatic carbocycles. The zero-order chi connectivity index (χ0) is 20.3. The summed E-state index contributed by atoms with van der Waals surface area (Å²) >= 11 is 0. The molecule has 0 saturated heterocycles. The monoisotopic (exact) mass is 381 g/mol. The Kier molecular flexibility index (Phi) is 5.39. The molecule has 0 fully saturated rings. The van der Waals surface area contributed by atoms with E-state index in [1.54, 1.807) is 13.0 Å². The van der Waals surface area contributed by atoms with Gasteiger partial charge in [0, 0.05) is 17.8 Å². The first-order valence-electron chi connectivity index (χ1n) is 8.57. The summed E-state index contributed by atoms with van der Waals surface area (Å²) in [5.41, 5.74) is 1.88. The summed E-state index contributed by atoms with van der Waals surface area (Å²) in [6.45, 7) is 1.94. The second kappa shape index (κ2) is 7.91. The number of benzene rings is 2. The molecule has 0 bridgehead atoms. The van der Waals surface area contributed by atoms with Crippen LogP contribution in [0.5, 0.6) is 0 Å². The van der Waals surface area contributed by atoms with Gasteiger partial charge in [-0.3, -0.25) is 15.0 Å². The first-order chi connectivity index (χ1) is 13.4. The van der Waals surface area contributed by atoms with Crippen molar-refractivity contribution in [2.45, 2.75) is 19.5 Å². The van der Waals surface area contributed by atoms with Crippen LogP contribution in [0.4, 0.5) is 10.5 Å². The predicted molar refractivity (Wildman–Crippen MR) is 101 cm³/mol. The zero-order valence-corrected chi connectivity index (χ0v) is 15.4. The van der Waals surface area contributed by atoms with E-state index in [2.05, 4.69) is 5.32 Å². The van der Waals surface area contributed by atoms with Gasteiger partial charge in [-0.15, -0.1) is 0 Å². The fourth-order valence-electron chi connectivity index (χ4n) is 3.18. The summed E-state index contributed by atoms with van der Waals surface area (Å²) in [5.74, 6) is -0.605. The normalized spacial score (nSPS) is 16.6. The number of hydrogen-bond acceptors (Lipinski definition) is 5.